The number of imidazole rings is 1. The van der Waals surface area contributed by atoms with Crippen LogP contribution >= 0.6 is 0 Å². The lowest BCUT2D eigenvalue weighted by atomic mass is 9.82. The molecule has 3 rings (SSSR count). The number of nitrogens with one attached hydrogen (secondary N) is 2. The number of aromatic nitrogens is 2. The van der Waals surface area contributed by atoms with E-state index in [-0.39, 0.29) is 38.3 Å². The summed E-state index contributed by atoms with van der Waals surface area (Å²) in [6.45, 7) is 14.6. The zero-order valence-corrected chi connectivity index (χ0v) is 28.6. The molecule has 0 aliphatic heterocycles. The molecular weight excluding hydrogens is 619 g/mol. The molecule has 2 aromatic rings. The normalized spacial score (nSPS) is 18.8. The minimum Gasteiger partial charge on any atom is -0.598 e. The first kappa shape index (κ1) is 36.7. The Bertz CT molecular complexity index is 1250. The summed E-state index contributed by atoms with van der Waals surface area (Å²) in [5.74, 6) is -3.16. The maximum absolute atomic E-state index is 14.2. The highest BCUT2D eigenvalue weighted by molar-refractivity contribution is 7.90. The molecule has 1 fully saturated rings. The minimum atomic E-state index is -4.42. The predicted octanol–water partition coefficient (Wildman–Crippen LogP) is 7.79. The van der Waals surface area contributed by atoms with Crippen molar-refractivity contribution in [1.29, 1.82) is 0 Å². The van der Waals surface area contributed by atoms with Gasteiger partial charge in [0.05, 0.1) is 23.5 Å². The molecule has 1 aliphatic rings. The van der Waals surface area contributed by atoms with E-state index in [0.29, 0.717) is 29.0 Å². The van der Waals surface area contributed by atoms with Crippen LogP contribution in [0, 0.1) is 5.92 Å². The van der Waals surface area contributed by atoms with Gasteiger partial charge in [0.25, 0.3) is 0 Å². The van der Waals surface area contributed by atoms with Crippen molar-refractivity contribution in [1.82, 2.24) is 19.6 Å². The smallest absolute Gasteiger partial charge is 0.389 e. The van der Waals surface area contributed by atoms with Crippen LogP contribution in [0.15, 0.2) is 18.2 Å². The van der Waals surface area contributed by atoms with Crippen molar-refractivity contribution in [3.8, 4) is 0 Å². The molecule has 1 aromatic heterocycles. The Morgan fingerprint density at radius 3 is 2.41 bits per heavy atom. The van der Waals surface area contributed by atoms with Crippen LogP contribution in [0.5, 0.6) is 0 Å². The Balaban J connectivity index is 2.00. The van der Waals surface area contributed by atoms with E-state index in [1.165, 1.54) is 0 Å². The average molecular weight is 667 g/mol. The van der Waals surface area contributed by atoms with Gasteiger partial charge in [0, 0.05) is 45.3 Å². The van der Waals surface area contributed by atoms with E-state index in [0.717, 1.165) is 6.04 Å². The van der Waals surface area contributed by atoms with Crippen LogP contribution in [0.4, 0.5) is 22.0 Å². The highest BCUT2D eigenvalue weighted by Crippen LogP contribution is 2.42. The molecule has 0 bridgehead atoms. The molecule has 3 atom stereocenters. The number of carbonyl (C=O) groups is 1. The molecule has 1 heterocycles. The summed E-state index contributed by atoms with van der Waals surface area (Å²) < 4.78 is 90.1. The van der Waals surface area contributed by atoms with Gasteiger partial charge in [-0.2, -0.15) is 13.2 Å². The van der Waals surface area contributed by atoms with Gasteiger partial charge in [-0.1, -0.05) is 25.7 Å². The largest absolute Gasteiger partial charge is 0.598 e. The molecule has 0 radical (unpaired) electrons. The minimum absolute atomic E-state index is 0.120. The predicted molar refractivity (Wildman–Crippen MR) is 166 cm³/mol. The Morgan fingerprint density at radius 2 is 1.84 bits per heavy atom. The molecule has 2 N–H and O–H groups in total. The third kappa shape index (κ3) is 11.0. The number of benzene rings is 1. The molecule has 250 valence electrons. The van der Waals surface area contributed by atoms with Crippen molar-refractivity contribution < 1.29 is 36.0 Å². The summed E-state index contributed by atoms with van der Waals surface area (Å²) in [5.41, 5.74) is 1.92. The fourth-order valence-electron chi connectivity index (χ4n) is 5.03. The topological polar surface area (TPSA) is 91.2 Å². The first-order valence-electron chi connectivity index (χ1n) is 15.1. The SMILES string of the molecule is C[C@@H](NC(=O)CCC(F)(F)F)c1ccc2nc([C@@H](N[S@+]([O-])C(C)(C)C)C3CCC(F)(F)CC3)n(COCC[Si](C)(C)C)c2c1. The number of nitrogens with zero attached hydrogens (tertiary/aromatic N) is 2. The summed E-state index contributed by atoms with van der Waals surface area (Å²) >= 11 is -1.52. The van der Waals surface area contributed by atoms with Crippen LogP contribution in [-0.4, -0.2) is 51.5 Å². The van der Waals surface area contributed by atoms with Gasteiger partial charge in [0.15, 0.2) is 0 Å². The summed E-state index contributed by atoms with van der Waals surface area (Å²) in [5, 5.41) is 2.63. The number of carbonyl (C=O) groups excluding carboxylic acids is 1. The quantitative estimate of drug-likeness (QED) is 0.0986. The van der Waals surface area contributed by atoms with Gasteiger partial charge < -0.3 is 19.2 Å². The number of amides is 1. The van der Waals surface area contributed by atoms with E-state index in [1.807, 2.05) is 31.4 Å². The van der Waals surface area contributed by atoms with Gasteiger partial charge >= 0.3 is 6.18 Å². The number of fused-ring (bicyclic) bond motifs is 1. The summed E-state index contributed by atoms with van der Waals surface area (Å²) in [7, 11) is -1.39. The van der Waals surface area contributed by atoms with E-state index >= 15 is 0 Å². The number of hydrogen-bond donors (Lipinski definition) is 2. The van der Waals surface area contributed by atoms with Gasteiger partial charge in [-0.05, 0) is 70.2 Å². The summed E-state index contributed by atoms with van der Waals surface area (Å²) in [4.78, 5) is 17.1. The van der Waals surface area contributed by atoms with E-state index in [9.17, 15) is 31.3 Å². The van der Waals surface area contributed by atoms with Crippen LogP contribution in [0.25, 0.3) is 11.0 Å². The van der Waals surface area contributed by atoms with E-state index < -0.39 is 67.1 Å². The number of hydrogen-bond acceptors (Lipinski definition) is 5. The highest BCUT2D eigenvalue weighted by Gasteiger charge is 2.42. The Hall–Kier alpha value is -1.74. The molecule has 14 heteroatoms. The van der Waals surface area contributed by atoms with Crippen molar-refractivity contribution in [3.05, 3.63) is 29.6 Å². The molecule has 7 nitrogen and oxygen atoms in total. The van der Waals surface area contributed by atoms with Gasteiger partial charge in [-0.3, -0.25) is 4.79 Å². The zero-order valence-electron chi connectivity index (χ0n) is 26.7. The molecule has 1 aromatic carbocycles. The van der Waals surface area contributed by atoms with Crippen molar-refractivity contribution in [3.63, 3.8) is 0 Å². The van der Waals surface area contributed by atoms with Crippen molar-refractivity contribution in [2.45, 2.75) is 128 Å². The highest BCUT2D eigenvalue weighted by atomic mass is 32.2. The number of ether oxygens (including phenoxy) is 1. The Morgan fingerprint density at radius 1 is 1.20 bits per heavy atom. The van der Waals surface area contributed by atoms with Gasteiger partial charge in [-0.15, -0.1) is 4.72 Å². The second-order valence-electron chi connectivity index (χ2n) is 14.1. The maximum Gasteiger partial charge on any atom is 0.389 e. The monoisotopic (exact) mass is 666 g/mol. The van der Waals surface area contributed by atoms with E-state index in [4.69, 9.17) is 9.72 Å². The molecule has 1 amide bonds. The fourth-order valence-corrected chi connectivity index (χ4v) is 6.67. The lowest BCUT2D eigenvalue weighted by Gasteiger charge is -2.35. The summed E-state index contributed by atoms with van der Waals surface area (Å²) in [6, 6.07) is 5.08. The van der Waals surface area contributed by atoms with Crippen molar-refractivity contribution in [2.75, 3.05) is 6.61 Å². The first-order chi connectivity index (χ1) is 20.2. The standard InChI is InChI=1S/C30H47F5N4O3SSi/c1-20(36-25(40)12-15-30(33,34)35)22-8-9-23-24(18-22)39(19-42-16-17-44(5,6)7)27(37-23)26(38-43(41)28(2,3)4)21-10-13-29(31,32)14-11-21/h8-9,18,20-21,26,38H,10-17,19H2,1-7H3,(H,36,40)/t20-,26+,43-/m1/s1. The number of rotatable bonds is 13. The van der Waals surface area contributed by atoms with E-state index in [2.05, 4.69) is 29.7 Å². The second kappa shape index (κ2) is 14.4. The summed E-state index contributed by atoms with van der Waals surface area (Å²) in [6.07, 6.45) is -6.35. The van der Waals surface area contributed by atoms with Gasteiger partial charge in [-0.25, -0.2) is 13.8 Å². The molecular formula is C30H47F5N4O3SSi. The Labute approximate surface area is 261 Å². The molecule has 1 aliphatic carbocycles. The van der Waals surface area contributed by atoms with Gasteiger partial charge in [0.1, 0.15) is 23.3 Å². The van der Waals surface area contributed by atoms with Crippen LogP contribution < -0.4 is 10.0 Å². The molecule has 44 heavy (non-hydrogen) atoms. The third-order valence-electron chi connectivity index (χ3n) is 7.83. The lowest BCUT2D eigenvalue weighted by molar-refractivity contribution is -0.144. The maximum atomic E-state index is 14.2. The average Bonchev–Trinajstić information content (AvgIpc) is 3.24. The molecule has 0 unspecified atom stereocenters. The van der Waals surface area contributed by atoms with Crippen LogP contribution in [0.1, 0.15) is 89.7 Å². The van der Waals surface area contributed by atoms with Crippen molar-refractivity contribution >= 4 is 36.4 Å². The first-order valence-corrected chi connectivity index (χ1v) is 20.0. The van der Waals surface area contributed by atoms with Crippen LogP contribution in [-0.2, 0) is 27.6 Å². The number of halogens is 5. The zero-order chi connectivity index (χ0) is 33.1. The molecule has 1 saturated carbocycles. The lowest BCUT2D eigenvalue weighted by Crippen LogP contribution is -2.45. The fraction of sp³-hybridized carbons (Fsp3) is 0.733. The van der Waals surface area contributed by atoms with Crippen molar-refractivity contribution in [2.24, 2.45) is 5.92 Å². The van der Waals surface area contributed by atoms with Crippen LogP contribution in [0.2, 0.25) is 25.7 Å². The molecule has 0 saturated heterocycles. The third-order valence-corrected chi connectivity index (χ3v) is 11.1. The Kier molecular flexibility index (Phi) is 12.0. The number of alkyl halides is 5. The van der Waals surface area contributed by atoms with Crippen LogP contribution in [0.3, 0.4) is 0 Å². The van der Waals surface area contributed by atoms with Gasteiger partial charge in [0.2, 0.25) is 11.8 Å². The second-order valence-corrected chi connectivity index (χ2v) is 21.7. The molecule has 0 spiro atoms. The van der Waals surface area contributed by atoms with E-state index in [1.54, 1.807) is 19.1 Å².